The van der Waals surface area contributed by atoms with E-state index in [9.17, 15) is 4.79 Å². The summed E-state index contributed by atoms with van der Waals surface area (Å²) in [6.45, 7) is 3.23. The molecule has 1 saturated heterocycles. The highest BCUT2D eigenvalue weighted by atomic mass is 16.1. The van der Waals surface area contributed by atoms with Gasteiger partial charge in [-0.25, -0.2) is 0 Å². The fourth-order valence-corrected chi connectivity index (χ4v) is 3.09. The van der Waals surface area contributed by atoms with Gasteiger partial charge in [0.25, 0.3) is 0 Å². The topological polar surface area (TPSA) is 58.4 Å². The maximum atomic E-state index is 11.9. The molecule has 0 radical (unpaired) electrons. The quantitative estimate of drug-likeness (QED) is 0.784. The number of anilines is 1. The smallest absolute Gasteiger partial charge is 0.220 e. The number of carbonyl (C=O) groups excluding carboxylic acids is 1. The number of hydrogen-bond acceptors (Lipinski definition) is 3. The third-order valence-electron chi connectivity index (χ3n) is 4.59. The zero-order valence-electron chi connectivity index (χ0n) is 12.6. The molecule has 114 valence electrons. The average Bonchev–Trinajstić information content (AvgIpc) is 3.23. The summed E-state index contributed by atoms with van der Waals surface area (Å²) in [5.74, 6) is 0.808. The average molecular weight is 287 g/mol. The minimum Gasteiger partial charge on any atom is -0.399 e. The highest BCUT2D eigenvalue weighted by Crippen LogP contribution is 2.31. The third kappa shape index (κ3) is 4.21. The van der Waals surface area contributed by atoms with Crippen molar-refractivity contribution in [3.63, 3.8) is 0 Å². The molecule has 0 bridgehead atoms. The van der Waals surface area contributed by atoms with E-state index in [4.69, 9.17) is 5.73 Å². The molecule has 3 N–H and O–H groups in total. The standard InChI is InChI=1S/C17H25N3O/c18-15-4-1-13(2-5-15)3-8-17(21)19-11-14-9-10-20(12-14)16-6-7-16/h1-2,4-5,14,16H,3,6-12,18H2,(H,19,21). The summed E-state index contributed by atoms with van der Waals surface area (Å²) in [7, 11) is 0. The molecule has 1 saturated carbocycles. The van der Waals surface area contributed by atoms with E-state index in [-0.39, 0.29) is 5.91 Å². The van der Waals surface area contributed by atoms with E-state index >= 15 is 0 Å². The van der Waals surface area contributed by atoms with Crippen molar-refractivity contribution in [3.8, 4) is 0 Å². The predicted molar refractivity (Wildman–Crippen MR) is 84.9 cm³/mol. The monoisotopic (exact) mass is 287 g/mol. The molecule has 0 spiro atoms. The Balaban J connectivity index is 1.33. The molecule has 1 amide bonds. The molecule has 1 aliphatic heterocycles. The van der Waals surface area contributed by atoms with Crippen LogP contribution in [0.15, 0.2) is 24.3 Å². The number of benzene rings is 1. The molecule has 3 rings (SSSR count). The Hall–Kier alpha value is -1.55. The van der Waals surface area contributed by atoms with Gasteiger partial charge in [0.15, 0.2) is 0 Å². The first-order valence-corrected chi connectivity index (χ1v) is 8.06. The highest BCUT2D eigenvalue weighted by molar-refractivity contribution is 5.76. The number of aryl methyl sites for hydroxylation is 1. The van der Waals surface area contributed by atoms with Gasteiger partial charge in [0, 0.05) is 31.2 Å². The van der Waals surface area contributed by atoms with Gasteiger partial charge < -0.3 is 16.0 Å². The fraction of sp³-hybridized carbons (Fsp3) is 0.588. The number of amides is 1. The summed E-state index contributed by atoms with van der Waals surface area (Å²) in [5, 5.41) is 3.10. The number of rotatable bonds is 6. The Labute approximate surface area is 126 Å². The van der Waals surface area contributed by atoms with Crippen molar-refractivity contribution in [2.45, 2.75) is 38.1 Å². The van der Waals surface area contributed by atoms with Gasteiger partial charge in [-0.05, 0) is 55.8 Å². The molecule has 2 aliphatic rings. The van der Waals surface area contributed by atoms with Crippen molar-refractivity contribution in [1.29, 1.82) is 0 Å². The summed E-state index contributed by atoms with van der Waals surface area (Å²) in [6.07, 6.45) is 5.32. The van der Waals surface area contributed by atoms with E-state index in [0.29, 0.717) is 12.3 Å². The lowest BCUT2D eigenvalue weighted by atomic mass is 10.1. The molecule has 1 atom stereocenters. The number of nitrogens with two attached hydrogens (primary N) is 1. The molecular weight excluding hydrogens is 262 g/mol. The van der Waals surface area contributed by atoms with Crippen LogP contribution in [0.4, 0.5) is 5.69 Å². The molecule has 1 aromatic carbocycles. The Morgan fingerprint density at radius 2 is 2.00 bits per heavy atom. The van der Waals surface area contributed by atoms with Crippen molar-refractivity contribution in [2.75, 3.05) is 25.4 Å². The number of hydrogen-bond donors (Lipinski definition) is 2. The lowest BCUT2D eigenvalue weighted by Gasteiger charge is -2.15. The molecular formula is C17H25N3O. The summed E-state index contributed by atoms with van der Waals surface area (Å²) in [4.78, 5) is 14.5. The SMILES string of the molecule is Nc1ccc(CCC(=O)NCC2CCN(C3CC3)C2)cc1. The Morgan fingerprint density at radius 3 is 2.71 bits per heavy atom. The van der Waals surface area contributed by atoms with Gasteiger partial charge in [0.05, 0.1) is 0 Å². The second-order valence-electron chi connectivity index (χ2n) is 6.43. The first-order valence-electron chi connectivity index (χ1n) is 8.06. The molecule has 1 aromatic rings. The van der Waals surface area contributed by atoms with Crippen molar-refractivity contribution in [3.05, 3.63) is 29.8 Å². The van der Waals surface area contributed by atoms with Gasteiger partial charge in [0.1, 0.15) is 0 Å². The number of carbonyl (C=O) groups is 1. The zero-order valence-corrected chi connectivity index (χ0v) is 12.6. The molecule has 1 unspecified atom stereocenters. The van der Waals surface area contributed by atoms with Gasteiger partial charge in [-0.2, -0.15) is 0 Å². The lowest BCUT2D eigenvalue weighted by molar-refractivity contribution is -0.121. The van der Waals surface area contributed by atoms with Crippen LogP contribution >= 0.6 is 0 Å². The second-order valence-corrected chi connectivity index (χ2v) is 6.43. The van der Waals surface area contributed by atoms with Crippen LogP contribution in [0, 0.1) is 5.92 Å². The summed E-state index contributed by atoms with van der Waals surface area (Å²) < 4.78 is 0. The summed E-state index contributed by atoms with van der Waals surface area (Å²) in [6, 6.07) is 8.62. The van der Waals surface area contributed by atoms with Crippen molar-refractivity contribution < 1.29 is 4.79 Å². The van der Waals surface area contributed by atoms with E-state index < -0.39 is 0 Å². The molecule has 1 heterocycles. The fourth-order valence-electron chi connectivity index (χ4n) is 3.09. The minimum atomic E-state index is 0.164. The van der Waals surface area contributed by atoms with E-state index in [1.54, 1.807) is 0 Å². The molecule has 21 heavy (non-hydrogen) atoms. The van der Waals surface area contributed by atoms with Gasteiger partial charge in [0.2, 0.25) is 5.91 Å². The van der Waals surface area contributed by atoms with E-state index in [1.807, 2.05) is 24.3 Å². The van der Waals surface area contributed by atoms with Crippen molar-refractivity contribution in [1.82, 2.24) is 10.2 Å². The van der Waals surface area contributed by atoms with Crippen LogP contribution in [0.5, 0.6) is 0 Å². The van der Waals surface area contributed by atoms with E-state index in [2.05, 4.69) is 10.2 Å². The molecule has 4 nitrogen and oxygen atoms in total. The van der Waals surface area contributed by atoms with Crippen LogP contribution in [0.2, 0.25) is 0 Å². The third-order valence-corrected chi connectivity index (χ3v) is 4.59. The van der Waals surface area contributed by atoms with Crippen molar-refractivity contribution >= 4 is 11.6 Å². The number of likely N-dealkylation sites (tertiary alicyclic amines) is 1. The predicted octanol–water partition coefficient (Wildman–Crippen LogP) is 1.80. The molecule has 2 fully saturated rings. The largest absolute Gasteiger partial charge is 0.399 e. The minimum absolute atomic E-state index is 0.164. The Kier molecular flexibility index (Phi) is 4.44. The first-order chi connectivity index (χ1) is 10.2. The van der Waals surface area contributed by atoms with Crippen LogP contribution in [-0.2, 0) is 11.2 Å². The summed E-state index contributed by atoms with van der Waals surface area (Å²) in [5.41, 5.74) is 7.59. The number of nitrogens with one attached hydrogen (secondary N) is 1. The molecule has 4 heteroatoms. The highest BCUT2D eigenvalue weighted by Gasteiger charge is 2.34. The van der Waals surface area contributed by atoms with Crippen molar-refractivity contribution in [2.24, 2.45) is 5.92 Å². The van der Waals surface area contributed by atoms with Gasteiger partial charge in [-0.15, -0.1) is 0 Å². The van der Waals surface area contributed by atoms with Gasteiger partial charge in [-0.1, -0.05) is 12.1 Å². The second kappa shape index (κ2) is 6.48. The number of nitrogen functional groups attached to an aromatic ring is 1. The lowest BCUT2D eigenvalue weighted by Crippen LogP contribution is -2.31. The number of nitrogens with zero attached hydrogens (tertiary/aromatic N) is 1. The van der Waals surface area contributed by atoms with Crippen LogP contribution < -0.4 is 11.1 Å². The van der Waals surface area contributed by atoms with Crippen LogP contribution in [0.25, 0.3) is 0 Å². The van der Waals surface area contributed by atoms with Crippen LogP contribution in [0.1, 0.15) is 31.2 Å². The summed E-state index contributed by atoms with van der Waals surface area (Å²) >= 11 is 0. The molecule has 1 aliphatic carbocycles. The van der Waals surface area contributed by atoms with E-state index in [1.165, 1.54) is 37.9 Å². The van der Waals surface area contributed by atoms with E-state index in [0.717, 1.165) is 24.7 Å². The normalized spacial score (nSPS) is 22.4. The van der Waals surface area contributed by atoms with Gasteiger partial charge in [-0.3, -0.25) is 4.79 Å². The first kappa shape index (κ1) is 14.4. The zero-order chi connectivity index (χ0) is 14.7. The van der Waals surface area contributed by atoms with Crippen LogP contribution in [0.3, 0.4) is 0 Å². The molecule has 0 aromatic heterocycles. The van der Waals surface area contributed by atoms with Crippen LogP contribution in [-0.4, -0.2) is 36.5 Å². The maximum absolute atomic E-state index is 11.9. The maximum Gasteiger partial charge on any atom is 0.220 e. The van der Waals surface area contributed by atoms with Gasteiger partial charge >= 0.3 is 0 Å². The Morgan fingerprint density at radius 1 is 1.24 bits per heavy atom. The Bertz CT molecular complexity index is 481.